The molecule has 0 fully saturated rings. The smallest absolute Gasteiger partial charge is 0.251 e. The number of carbonyl (C=O) groups is 1. The Bertz CT molecular complexity index is 666. The van der Waals surface area contributed by atoms with Crippen LogP contribution in [0.2, 0.25) is 0 Å². The van der Waals surface area contributed by atoms with Crippen molar-refractivity contribution in [1.29, 1.82) is 0 Å². The van der Waals surface area contributed by atoms with E-state index in [1.165, 1.54) is 0 Å². The second kappa shape index (κ2) is 8.31. The molecule has 0 saturated heterocycles. The third-order valence-corrected chi connectivity index (χ3v) is 3.83. The predicted molar refractivity (Wildman–Crippen MR) is 99.9 cm³/mol. The zero-order chi connectivity index (χ0) is 17.0. The van der Waals surface area contributed by atoms with Crippen molar-refractivity contribution in [2.75, 3.05) is 6.54 Å². The molecule has 0 aliphatic rings. The molecule has 0 saturated carbocycles. The van der Waals surface area contributed by atoms with E-state index >= 15 is 0 Å². The maximum atomic E-state index is 12.5. The quantitative estimate of drug-likeness (QED) is 0.840. The Morgan fingerprint density at radius 3 is 2.42 bits per heavy atom. The topological polar surface area (TPSA) is 72.9 Å². The summed E-state index contributed by atoms with van der Waals surface area (Å²) in [5.74, 6) is 0.371. The molecule has 2 aromatic rings. The molecule has 0 bridgehead atoms. The molecule has 1 unspecified atom stereocenters. The molecule has 0 radical (unpaired) electrons. The van der Waals surface area contributed by atoms with Gasteiger partial charge in [0.1, 0.15) is 0 Å². The lowest BCUT2D eigenvalue weighted by Gasteiger charge is -2.31. The molecule has 1 atom stereocenters. The summed E-state index contributed by atoms with van der Waals surface area (Å²) in [4.78, 5) is 12.5. The van der Waals surface area contributed by atoms with Crippen LogP contribution in [0.3, 0.4) is 0 Å². The van der Waals surface area contributed by atoms with Crippen molar-refractivity contribution in [2.45, 2.75) is 39.7 Å². The molecule has 2 rings (SSSR count). The first kappa shape index (κ1) is 20.2. The highest BCUT2D eigenvalue weighted by Crippen LogP contribution is 2.17. The highest BCUT2D eigenvalue weighted by atomic mass is 35.5. The average molecular weight is 351 g/mol. The number of halogens is 1. The van der Waals surface area contributed by atoms with E-state index in [1.54, 1.807) is 10.9 Å². The molecule has 5 nitrogen and oxygen atoms in total. The summed E-state index contributed by atoms with van der Waals surface area (Å²) in [6.45, 7) is 8.66. The van der Waals surface area contributed by atoms with E-state index in [0.717, 1.165) is 17.7 Å². The number of aromatic nitrogens is 2. The van der Waals surface area contributed by atoms with Gasteiger partial charge < -0.3 is 11.1 Å². The van der Waals surface area contributed by atoms with E-state index in [4.69, 9.17) is 5.73 Å². The summed E-state index contributed by atoms with van der Waals surface area (Å²) in [7, 11) is 0. The van der Waals surface area contributed by atoms with Gasteiger partial charge in [0.05, 0.1) is 11.9 Å². The second-order valence-corrected chi connectivity index (χ2v) is 6.83. The summed E-state index contributed by atoms with van der Waals surface area (Å²) in [5, 5.41) is 7.33. The number of nitrogens with two attached hydrogens (primary N) is 1. The number of nitrogens with one attached hydrogen (secondary N) is 1. The molecule has 24 heavy (non-hydrogen) atoms. The predicted octanol–water partition coefficient (Wildman–Crippen LogP) is 3.10. The maximum Gasteiger partial charge on any atom is 0.251 e. The number of nitrogens with zero attached hydrogens (tertiary/aromatic N) is 2. The summed E-state index contributed by atoms with van der Waals surface area (Å²) in [6.07, 6.45) is 4.60. The second-order valence-electron chi connectivity index (χ2n) is 6.83. The van der Waals surface area contributed by atoms with Crippen molar-refractivity contribution in [3.05, 3.63) is 47.8 Å². The van der Waals surface area contributed by atoms with Crippen molar-refractivity contribution in [2.24, 2.45) is 11.7 Å². The number of aryl methyl sites for hydroxylation is 1. The van der Waals surface area contributed by atoms with Crippen molar-refractivity contribution in [3.63, 3.8) is 0 Å². The van der Waals surface area contributed by atoms with Gasteiger partial charge in [0.25, 0.3) is 5.91 Å². The molecule has 132 valence electrons. The number of carbonyl (C=O) groups excluding carboxylic acids is 1. The van der Waals surface area contributed by atoms with Crippen LogP contribution in [0.1, 0.15) is 43.1 Å². The first-order valence-corrected chi connectivity index (χ1v) is 7.97. The van der Waals surface area contributed by atoms with Crippen LogP contribution < -0.4 is 11.1 Å². The highest BCUT2D eigenvalue weighted by Gasteiger charge is 2.26. The van der Waals surface area contributed by atoms with Gasteiger partial charge in [-0.1, -0.05) is 13.8 Å². The van der Waals surface area contributed by atoms with E-state index < -0.39 is 0 Å². The molecule has 0 aliphatic carbocycles. The first-order chi connectivity index (χ1) is 10.8. The van der Waals surface area contributed by atoms with Gasteiger partial charge in [0.15, 0.2) is 0 Å². The normalized spacial score (nSPS) is 13.2. The standard InChI is InChI=1S/C18H26N4O.ClH/c1-13(2)9-18(4,12-19)21-17(23)15-5-7-16(8-6-15)22-11-14(3)10-20-22;/h5-8,10-11,13H,9,12,19H2,1-4H3,(H,21,23);1H. The van der Waals surface area contributed by atoms with Crippen LogP contribution in [-0.4, -0.2) is 27.8 Å². The van der Waals surface area contributed by atoms with E-state index in [-0.39, 0.29) is 23.9 Å². The number of benzene rings is 1. The Balaban J connectivity index is 0.00000288. The Morgan fingerprint density at radius 1 is 1.33 bits per heavy atom. The lowest BCUT2D eigenvalue weighted by molar-refractivity contribution is 0.0898. The van der Waals surface area contributed by atoms with Crippen molar-refractivity contribution >= 4 is 18.3 Å². The lowest BCUT2D eigenvalue weighted by Crippen LogP contribution is -2.52. The van der Waals surface area contributed by atoms with Crippen molar-refractivity contribution in [1.82, 2.24) is 15.1 Å². The zero-order valence-electron chi connectivity index (χ0n) is 14.7. The Labute approximate surface area is 150 Å². The number of rotatable bonds is 6. The van der Waals surface area contributed by atoms with Gasteiger partial charge in [-0.05, 0) is 56.0 Å². The Kier molecular flexibility index (Phi) is 6.99. The Morgan fingerprint density at radius 2 is 1.96 bits per heavy atom. The molecule has 1 amide bonds. The highest BCUT2D eigenvalue weighted by molar-refractivity contribution is 5.94. The molecular weight excluding hydrogens is 324 g/mol. The number of hydrogen-bond acceptors (Lipinski definition) is 3. The van der Waals surface area contributed by atoms with Crippen LogP contribution in [0, 0.1) is 12.8 Å². The molecule has 6 heteroatoms. The van der Waals surface area contributed by atoms with Crippen LogP contribution in [-0.2, 0) is 0 Å². The largest absolute Gasteiger partial charge is 0.346 e. The Hall–Kier alpha value is -1.85. The number of hydrogen-bond donors (Lipinski definition) is 2. The van der Waals surface area contributed by atoms with Gasteiger partial charge in [0, 0.05) is 23.8 Å². The minimum atomic E-state index is -0.386. The maximum absolute atomic E-state index is 12.5. The van der Waals surface area contributed by atoms with E-state index in [1.807, 2.05) is 44.3 Å². The van der Waals surface area contributed by atoms with Gasteiger partial charge >= 0.3 is 0 Å². The van der Waals surface area contributed by atoms with Crippen molar-refractivity contribution in [3.8, 4) is 5.69 Å². The fourth-order valence-electron chi connectivity index (χ4n) is 2.75. The molecule has 3 N–H and O–H groups in total. The van der Waals surface area contributed by atoms with Gasteiger partial charge in [-0.2, -0.15) is 5.10 Å². The van der Waals surface area contributed by atoms with Crippen LogP contribution in [0.4, 0.5) is 0 Å². The minimum Gasteiger partial charge on any atom is -0.346 e. The van der Waals surface area contributed by atoms with Crippen LogP contribution >= 0.6 is 12.4 Å². The summed E-state index contributed by atoms with van der Waals surface area (Å²) >= 11 is 0. The van der Waals surface area contributed by atoms with Gasteiger partial charge in [0.2, 0.25) is 0 Å². The van der Waals surface area contributed by atoms with Gasteiger partial charge in [-0.3, -0.25) is 4.79 Å². The molecular formula is C18H27ClN4O. The summed E-state index contributed by atoms with van der Waals surface area (Å²) in [5.41, 5.74) is 8.12. The third kappa shape index (κ3) is 5.08. The fourth-order valence-corrected chi connectivity index (χ4v) is 2.75. The fraction of sp³-hybridized carbons (Fsp3) is 0.444. The van der Waals surface area contributed by atoms with Gasteiger partial charge in [-0.15, -0.1) is 12.4 Å². The van der Waals surface area contributed by atoms with Crippen molar-refractivity contribution < 1.29 is 4.79 Å². The van der Waals surface area contributed by atoms with E-state index in [9.17, 15) is 4.79 Å². The first-order valence-electron chi connectivity index (χ1n) is 7.97. The SMILES string of the molecule is Cc1cnn(-c2ccc(C(=O)NC(C)(CN)CC(C)C)cc2)c1.Cl. The van der Waals surface area contributed by atoms with Crippen LogP contribution in [0.25, 0.3) is 5.69 Å². The molecule has 1 heterocycles. The lowest BCUT2D eigenvalue weighted by atomic mass is 9.90. The number of amides is 1. The van der Waals surface area contributed by atoms with Crippen LogP contribution in [0.15, 0.2) is 36.7 Å². The van der Waals surface area contributed by atoms with Crippen LogP contribution in [0.5, 0.6) is 0 Å². The molecule has 0 spiro atoms. The minimum absolute atomic E-state index is 0. The van der Waals surface area contributed by atoms with E-state index in [2.05, 4.69) is 24.3 Å². The van der Waals surface area contributed by atoms with E-state index in [0.29, 0.717) is 18.0 Å². The average Bonchev–Trinajstić information content (AvgIpc) is 2.93. The van der Waals surface area contributed by atoms with Gasteiger partial charge in [-0.25, -0.2) is 4.68 Å². The zero-order valence-corrected chi connectivity index (χ0v) is 15.6. The molecule has 1 aromatic carbocycles. The molecule has 1 aromatic heterocycles. The molecule has 0 aliphatic heterocycles. The third-order valence-electron chi connectivity index (χ3n) is 3.83. The summed E-state index contributed by atoms with van der Waals surface area (Å²) in [6, 6.07) is 7.41. The summed E-state index contributed by atoms with van der Waals surface area (Å²) < 4.78 is 1.79. The monoisotopic (exact) mass is 350 g/mol.